The van der Waals surface area contributed by atoms with E-state index in [4.69, 9.17) is 14.5 Å². The van der Waals surface area contributed by atoms with Crippen molar-refractivity contribution in [1.82, 2.24) is 15.2 Å². The number of ether oxygens (including phenoxy) is 2. The highest BCUT2D eigenvalue weighted by Gasteiger charge is 2.34. The second-order valence-corrected chi connectivity index (χ2v) is 8.97. The van der Waals surface area contributed by atoms with Gasteiger partial charge in [0.05, 0.1) is 12.8 Å². The van der Waals surface area contributed by atoms with Gasteiger partial charge in [-0.2, -0.15) is 4.98 Å². The van der Waals surface area contributed by atoms with Crippen LogP contribution in [-0.4, -0.2) is 34.0 Å². The molecule has 0 fully saturated rings. The predicted molar refractivity (Wildman–Crippen MR) is 130 cm³/mol. The van der Waals surface area contributed by atoms with Crippen LogP contribution in [0.25, 0.3) is 11.3 Å². The number of methoxy groups -OCH3 is 1. The van der Waals surface area contributed by atoms with E-state index in [9.17, 15) is 4.79 Å². The molecule has 0 N–H and O–H groups in total. The molecule has 1 atom stereocenters. The first kappa shape index (κ1) is 23.0. The van der Waals surface area contributed by atoms with E-state index in [1.165, 1.54) is 13.3 Å². The number of unbranched alkanes of at least 4 members (excludes halogenated alkanes) is 2. The number of anilines is 1. The molecule has 0 saturated carbocycles. The number of hydrogen-bond acceptors (Lipinski definition) is 7. The summed E-state index contributed by atoms with van der Waals surface area (Å²) in [7, 11) is 1.64. The Labute approximate surface area is 198 Å². The van der Waals surface area contributed by atoms with Crippen molar-refractivity contribution in [1.29, 1.82) is 0 Å². The van der Waals surface area contributed by atoms with Crippen molar-refractivity contribution in [2.75, 3.05) is 17.8 Å². The fraction of sp³-hybridized carbons (Fsp3) is 0.360. The molecule has 8 heteroatoms. The van der Waals surface area contributed by atoms with Crippen LogP contribution in [-0.2, 0) is 4.79 Å². The van der Waals surface area contributed by atoms with Crippen molar-refractivity contribution in [3.8, 4) is 22.9 Å². The number of fused-ring (bicyclic) bond motifs is 3. The highest BCUT2D eigenvalue weighted by molar-refractivity contribution is 7.99. The van der Waals surface area contributed by atoms with Gasteiger partial charge in [0.15, 0.2) is 5.69 Å². The number of carbonyl (C=O) groups excluding carboxylic acids is 1. The van der Waals surface area contributed by atoms with Crippen molar-refractivity contribution in [2.24, 2.45) is 0 Å². The normalized spacial score (nSPS) is 14.7. The van der Waals surface area contributed by atoms with Gasteiger partial charge in [0, 0.05) is 23.8 Å². The SMILES string of the molecule is CCCCCSc1nnc2c(n1)O[C@@H](c1ccc(OC)c(C)c1)N(C(C)=O)c1ccccc1-2. The number of hydrogen-bond donors (Lipinski definition) is 0. The Balaban J connectivity index is 1.80. The minimum absolute atomic E-state index is 0.143. The number of carbonyl (C=O) groups is 1. The molecule has 1 aromatic heterocycles. The van der Waals surface area contributed by atoms with E-state index in [2.05, 4.69) is 17.1 Å². The van der Waals surface area contributed by atoms with Crippen LogP contribution in [0.4, 0.5) is 5.69 Å². The zero-order valence-electron chi connectivity index (χ0n) is 19.4. The van der Waals surface area contributed by atoms with Crippen molar-refractivity contribution in [3.05, 3.63) is 53.6 Å². The summed E-state index contributed by atoms with van der Waals surface area (Å²) in [5.41, 5.74) is 3.77. The fourth-order valence-electron chi connectivity index (χ4n) is 3.90. The van der Waals surface area contributed by atoms with Crippen LogP contribution in [0, 0.1) is 6.92 Å². The molecule has 0 bridgehead atoms. The van der Waals surface area contributed by atoms with E-state index in [1.807, 2.05) is 49.4 Å². The summed E-state index contributed by atoms with van der Waals surface area (Å²) in [4.78, 5) is 19.2. The standard InChI is InChI=1S/C25H28N4O3S/c1-5-6-9-14-33-25-26-23-22(27-28-25)19-10-7-8-11-20(19)29(17(3)30)24(32-23)18-12-13-21(31-4)16(2)15-18/h7-8,10-13,15,24H,5-6,9,14H2,1-4H3/t24-/m0/s1. The van der Waals surface area contributed by atoms with Gasteiger partial charge in [0.1, 0.15) is 5.75 Å². The van der Waals surface area contributed by atoms with Crippen LogP contribution >= 0.6 is 11.8 Å². The van der Waals surface area contributed by atoms with Gasteiger partial charge >= 0.3 is 0 Å². The van der Waals surface area contributed by atoms with Crippen molar-refractivity contribution in [3.63, 3.8) is 0 Å². The third-order valence-corrected chi connectivity index (χ3v) is 6.46. The van der Waals surface area contributed by atoms with Gasteiger partial charge in [-0.15, -0.1) is 10.2 Å². The number of benzene rings is 2. The Hall–Kier alpha value is -3.13. The molecule has 0 spiro atoms. The zero-order valence-corrected chi connectivity index (χ0v) is 20.2. The topological polar surface area (TPSA) is 77.4 Å². The minimum Gasteiger partial charge on any atom is -0.496 e. The largest absolute Gasteiger partial charge is 0.496 e. The molecule has 1 aliphatic heterocycles. The molecular weight excluding hydrogens is 436 g/mol. The molecule has 2 aromatic carbocycles. The van der Waals surface area contributed by atoms with E-state index in [1.54, 1.807) is 23.8 Å². The van der Waals surface area contributed by atoms with Crippen molar-refractivity contribution < 1.29 is 14.3 Å². The number of rotatable bonds is 7. The Bertz CT molecular complexity index is 1150. The highest BCUT2D eigenvalue weighted by Crippen LogP contribution is 2.43. The fourth-order valence-corrected chi connectivity index (χ4v) is 4.68. The third-order valence-electron chi connectivity index (χ3n) is 5.53. The summed E-state index contributed by atoms with van der Waals surface area (Å²) in [5, 5.41) is 9.38. The van der Waals surface area contributed by atoms with Crippen LogP contribution in [0.3, 0.4) is 0 Å². The average Bonchev–Trinajstić information content (AvgIpc) is 2.96. The molecule has 33 heavy (non-hydrogen) atoms. The van der Waals surface area contributed by atoms with Gasteiger partial charge in [-0.05, 0) is 43.2 Å². The van der Waals surface area contributed by atoms with Crippen LogP contribution in [0.2, 0.25) is 0 Å². The minimum atomic E-state index is -0.704. The number of para-hydroxylation sites is 1. The molecule has 3 aromatic rings. The van der Waals surface area contributed by atoms with Gasteiger partial charge in [-0.3, -0.25) is 9.69 Å². The maximum absolute atomic E-state index is 12.9. The van der Waals surface area contributed by atoms with E-state index in [0.29, 0.717) is 22.4 Å². The summed E-state index contributed by atoms with van der Waals surface area (Å²) >= 11 is 1.57. The maximum Gasteiger partial charge on any atom is 0.247 e. The Kier molecular flexibility index (Phi) is 7.13. The van der Waals surface area contributed by atoms with E-state index in [0.717, 1.165) is 41.0 Å². The molecule has 0 unspecified atom stereocenters. The Morgan fingerprint density at radius 2 is 2.00 bits per heavy atom. The predicted octanol–water partition coefficient (Wildman–Crippen LogP) is 5.58. The number of amides is 1. The molecule has 4 rings (SSSR count). The van der Waals surface area contributed by atoms with Crippen LogP contribution < -0.4 is 14.4 Å². The van der Waals surface area contributed by atoms with Gasteiger partial charge < -0.3 is 9.47 Å². The monoisotopic (exact) mass is 464 g/mol. The second kappa shape index (κ2) is 10.2. The second-order valence-electron chi connectivity index (χ2n) is 7.91. The maximum atomic E-state index is 12.9. The smallest absolute Gasteiger partial charge is 0.247 e. The van der Waals surface area contributed by atoms with E-state index >= 15 is 0 Å². The molecule has 0 aliphatic carbocycles. The Morgan fingerprint density at radius 1 is 1.18 bits per heavy atom. The van der Waals surface area contributed by atoms with Gasteiger partial charge in [-0.1, -0.05) is 49.7 Å². The molecule has 0 radical (unpaired) electrons. The lowest BCUT2D eigenvalue weighted by atomic mass is 10.1. The number of nitrogens with zero attached hydrogens (tertiary/aromatic N) is 4. The zero-order chi connectivity index (χ0) is 23.4. The summed E-state index contributed by atoms with van der Waals surface area (Å²) in [6.45, 7) is 5.68. The lowest BCUT2D eigenvalue weighted by Crippen LogP contribution is -2.36. The van der Waals surface area contributed by atoms with Gasteiger partial charge in [0.2, 0.25) is 23.2 Å². The molecule has 1 amide bonds. The third kappa shape index (κ3) is 4.80. The molecule has 0 saturated heterocycles. The number of thioether (sulfide) groups is 1. The lowest BCUT2D eigenvalue weighted by molar-refractivity contribution is -0.118. The summed E-state index contributed by atoms with van der Waals surface area (Å²) < 4.78 is 11.8. The quantitative estimate of drug-likeness (QED) is 0.333. The van der Waals surface area contributed by atoms with Gasteiger partial charge in [0.25, 0.3) is 0 Å². The summed E-state index contributed by atoms with van der Waals surface area (Å²) in [6, 6.07) is 13.4. The molecule has 1 aliphatic rings. The number of aromatic nitrogens is 3. The van der Waals surface area contributed by atoms with Crippen molar-refractivity contribution >= 4 is 23.4 Å². The summed E-state index contributed by atoms with van der Waals surface area (Å²) in [5.74, 6) is 1.93. The first-order valence-electron chi connectivity index (χ1n) is 11.1. The van der Waals surface area contributed by atoms with Crippen molar-refractivity contribution in [2.45, 2.75) is 51.4 Å². The molecular formula is C25H28N4O3S. The van der Waals surface area contributed by atoms with Gasteiger partial charge in [-0.25, -0.2) is 0 Å². The Morgan fingerprint density at radius 3 is 2.73 bits per heavy atom. The average molecular weight is 465 g/mol. The molecule has 7 nitrogen and oxygen atoms in total. The molecule has 2 heterocycles. The lowest BCUT2D eigenvalue weighted by Gasteiger charge is -2.30. The van der Waals surface area contributed by atoms with E-state index < -0.39 is 6.23 Å². The highest BCUT2D eigenvalue weighted by atomic mass is 32.2. The number of aryl methyl sites for hydroxylation is 1. The van der Waals surface area contributed by atoms with E-state index in [-0.39, 0.29) is 5.91 Å². The first-order chi connectivity index (χ1) is 16.0. The molecule has 172 valence electrons. The van der Waals surface area contributed by atoms with Crippen LogP contribution in [0.1, 0.15) is 50.5 Å². The van der Waals surface area contributed by atoms with Crippen LogP contribution in [0.5, 0.6) is 11.6 Å². The summed E-state index contributed by atoms with van der Waals surface area (Å²) in [6.07, 6.45) is 2.72. The first-order valence-corrected chi connectivity index (χ1v) is 12.1. The van der Waals surface area contributed by atoms with Crippen LogP contribution in [0.15, 0.2) is 47.6 Å².